The molecule has 0 unspecified atom stereocenters. The van der Waals surface area contributed by atoms with E-state index in [9.17, 15) is 14.4 Å². The third-order valence-corrected chi connectivity index (χ3v) is 4.37. The normalized spacial score (nSPS) is 10.6. The predicted octanol–water partition coefficient (Wildman–Crippen LogP) is 3.25. The van der Waals surface area contributed by atoms with Crippen LogP contribution in [0.2, 0.25) is 0 Å². The Morgan fingerprint density at radius 3 is 2.46 bits per heavy atom. The van der Waals surface area contributed by atoms with Gasteiger partial charge in [-0.1, -0.05) is 43.7 Å². The molecule has 0 saturated heterocycles. The van der Waals surface area contributed by atoms with Gasteiger partial charge in [0.25, 0.3) is 11.8 Å². The zero-order valence-electron chi connectivity index (χ0n) is 15.7. The van der Waals surface area contributed by atoms with Gasteiger partial charge >= 0.3 is 5.63 Å². The molecule has 0 saturated carbocycles. The minimum atomic E-state index is -0.671. The first-order valence-corrected chi connectivity index (χ1v) is 9.26. The predicted molar refractivity (Wildman–Crippen MR) is 107 cm³/mol. The second-order valence-electron chi connectivity index (χ2n) is 6.47. The van der Waals surface area contributed by atoms with Gasteiger partial charge in [0.1, 0.15) is 11.1 Å². The standard InChI is InChI=1S/C22H22N2O4/c1-2-3-12-23-20(25)16-10-8-15(9-11-16)14-24-21(26)18-13-17-6-4-5-7-19(17)28-22(18)27/h4-11,13H,2-3,12,14H2,1H3,(H,23,25)(H,24,26). The highest BCUT2D eigenvalue weighted by atomic mass is 16.4. The van der Waals surface area contributed by atoms with Crippen LogP contribution in [0.4, 0.5) is 0 Å². The van der Waals surface area contributed by atoms with Crippen LogP contribution in [-0.2, 0) is 6.54 Å². The molecule has 144 valence electrons. The quantitative estimate of drug-likeness (QED) is 0.488. The molecule has 2 N–H and O–H groups in total. The van der Waals surface area contributed by atoms with E-state index in [2.05, 4.69) is 17.6 Å². The van der Waals surface area contributed by atoms with Crippen molar-refractivity contribution in [3.63, 3.8) is 0 Å². The largest absolute Gasteiger partial charge is 0.422 e. The number of rotatable bonds is 7. The molecule has 3 aromatic rings. The molecule has 0 aliphatic heterocycles. The van der Waals surface area contributed by atoms with Crippen molar-refractivity contribution in [1.29, 1.82) is 0 Å². The molecule has 0 aliphatic rings. The third-order valence-electron chi connectivity index (χ3n) is 4.37. The van der Waals surface area contributed by atoms with Gasteiger partial charge in [-0.3, -0.25) is 9.59 Å². The Morgan fingerprint density at radius 1 is 0.964 bits per heavy atom. The fourth-order valence-corrected chi connectivity index (χ4v) is 2.75. The topological polar surface area (TPSA) is 88.4 Å². The first-order valence-electron chi connectivity index (χ1n) is 9.26. The summed E-state index contributed by atoms with van der Waals surface area (Å²) in [5.74, 6) is -0.612. The van der Waals surface area contributed by atoms with Crippen molar-refractivity contribution >= 4 is 22.8 Å². The number of nitrogens with one attached hydrogen (secondary N) is 2. The molecule has 2 amide bonds. The second-order valence-corrected chi connectivity index (χ2v) is 6.47. The van der Waals surface area contributed by atoms with E-state index in [1.807, 2.05) is 6.07 Å². The molecular weight excluding hydrogens is 356 g/mol. The fourth-order valence-electron chi connectivity index (χ4n) is 2.75. The van der Waals surface area contributed by atoms with Crippen molar-refractivity contribution in [1.82, 2.24) is 10.6 Å². The van der Waals surface area contributed by atoms with Crippen LogP contribution in [-0.4, -0.2) is 18.4 Å². The van der Waals surface area contributed by atoms with E-state index in [1.54, 1.807) is 42.5 Å². The van der Waals surface area contributed by atoms with Gasteiger partial charge in [0.2, 0.25) is 0 Å². The van der Waals surface area contributed by atoms with Crippen molar-refractivity contribution in [2.45, 2.75) is 26.3 Å². The monoisotopic (exact) mass is 378 g/mol. The van der Waals surface area contributed by atoms with E-state index >= 15 is 0 Å². The van der Waals surface area contributed by atoms with E-state index in [1.165, 1.54) is 6.07 Å². The summed E-state index contributed by atoms with van der Waals surface area (Å²) >= 11 is 0. The second kappa shape index (κ2) is 8.99. The Labute approximate surface area is 162 Å². The van der Waals surface area contributed by atoms with Crippen LogP contribution in [0.25, 0.3) is 11.0 Å². The van der Waals surface area contributed by atoms with E-state index in [-0.39, 0.29) is 18.0 Å². The Morgan fingerprint density at radius 2 is 1.71 bits per heavy atom. The minimum Gasteiger partial charge on any atom is -0.422 e. The molecular formula is C22H22N2O4. The summed E-state index contributed by atoms with van der Waals surface area (Å²) < 4.78 is 5.19. The molecule has 0 fully saturated rings. The first-order chi connectivity index (χ1) is 13.6. The summed E-state index contributed by atoms with van der Waals surface area (Å²) in [5.41, 5.74) is 1.13. The van der Waals surface area contributed by atoms with Gasteiger partial charge in [-0.2, -0.15) is 0 Å². The maximum absolute atomic E-state index is 12.4. The Bertz CT molecular complexity index is 1040. The molecule has 0 atom stereocenters. The summed E-state index contributed by atoms with van der Waals surface area (Å²) in [6.45, 7) is 2.96. The Kier molecular flexibility index (Phi) is 6.22. The number of hydrogen-bond donors (Lipinski definition) is 2. The zero-order valence-corrected chi connectivity index (χ0v) is 15.7. The maximum atomic E-state index is 12.4. The molecule has 0 radical (unpaired) electrons. The van der Waals surface area contributed by atoms with Crippen molar-refractivity contribution in [2.75, 3.05) is 6.54 Å². The van der Waals surface area contributed by atoms with Gasteiger partial charge in [0, 0.05) is 24.0 Å². The van der Waals surface area contributed by atoms with E-state index in [4.69, 9.17) is 4.42 Å². The van der Waals surface area contributed by atoms with E-state index in [0.29, 0.717) is 23.1 Å². The first kappa shape index (κ1) is 19.4. The summed E-state index contributed by atoms with van der Waals surface area (Å²) in [4.78, 5) is 36.4. The number of hydrogen-bond acceptors (Lipinski definition) is 4. The maximum Gasteiger partial charge on any atom is 0.349 e. The lowest BCUT2D eigenvalue weighted by molar-refractivity contribution is 0.0940. The van der Waals surface area contributed by atoms with Gasteiger partial charge in [-0.25, -0.2) is 4.79 Å². The average molecular weight is 378 g/mol. The summed E-state index contributed by atoms with van der Waals surface area (Å²) in [6, 6.07) is 15.5. The molecule has 0 bridgehead atoms. The lowest BCUT2D eigenvalue weighted by atomic mass is 10.1. The van der Waals surface area contributed by atoms with Crippen LogP contribution in [0, 0.1) is 0 Å². The Hall–Kier alpha value is -3.41. The number of carbonyl (C=O) groups excluding carboxylic acids is 2. The highest BCUT2D eigenvalue weighted by Crippen LogP contribution is 2.12. The van der Waals surface area contributed by atoms with Crippen LogP contribution < -0.4 is 16.3 Å². The molecule has 1 heterocycles. The van der Waals surface area contributed by atoms with Crippen molar-refractivity contribution in [3.8, 4) is 0 Å². The summed E-state index contributed by atoms with van der Waals surface area (Å²) in [6.07, 6.45) is 1.97. The number of para-hydroxylation sites is 1. The van der Waals surface area contributed by atoms with Crippen molar-refractivity contribution < 1.29 is 14.0 Å². The van der Waals surface area contributed by atoms with Crippen LogP contribution >= 0.6 is 0 Å². The van der Waals surface area contributed by atoms with Crippen LogP contribution in [0.5, 0.6) is 0 Å². The average Bonchev–Trinajstić information content (AvgIpc) is 2.72. The number of unbranched alkanes of at least 4 members (excludes halogenated alkanes) is 1. The highest BCUT2D eigenvalue weighted by Gasteiger charge is 2.13. The van der Waals surface area contributed by atoms with Crippen molar-refractivity contribution in [3.05, 3.63) is 81.7 Å². The molecule has 3 rings (SSSR count). The van der Waals surface area contributed by atoms with Crippen LogP contribution in [0.15, 0.2) is 63.8 Å². The van der Waals surface area contributed by atoms with Crippen molar-refractivity contribution in [2.24, 2.45) is 0 Å². The van der Waals surface area contributed by atoms with Gasteiger partial charge in [-0.15, -0.1) is 0 Å². The molecule has 1 aromatic heterocycles. The Balaban J connectivity index is 1.62. The lowest BCUT2D eigenvalue weighted by Gasteiger charge is -2.07. The van der Waals surface area contributed by atoms with Gasteiger partial charge < -0.3 is 15.1 Å². The highest BCUT2D eigenvalue weighted by molar-refractivity contribution is 5.96. The zero-order chi connectivity index (χ0) is 19.9. The van der Waals surface area contributed by atoms with Crippen LogP contribution in [0.1, 0.15) is 46.0 Å². The van der Waals surface area contributed by atoms with Gasteiger partial charge in [0.15, 0.2) is 0 Å². The summed E-state index contributed by atoms with van der Waals surface area (Å²) in [5, 5.41) is 6.26. The third kappa shape index (κ3) is 4.65. The number of carbonyl (C=O) groups is 2. The number of fused-ring (bicyclic) bond motifs is 1. The molecule has 6 heteroatoms. The fraction of sp³-hybridized carbons (Fsp3) is 0.227. The number of amides is 2. The smallest absolute Gasteiger partial charge is 0.349 e. The molecule has 0 aliphatic carbocycles. The molecule has 28 heavy (non-hydrogen) atoms. The van der Waals surface area contributed by atoms with Gasteiger partial charge in [0.05, 0.1) is 0 Å². The molecule has 0 spiro atoms. The number of benzene rings is 2. The molecule has 6 nitrogen and oxygen atoms in total. The molecule has 2 aromatic carbocycles. The lowest BCUT2D eigenvalue weighted by Crippen LogP contribution is -2.28. The minimum absolute atomic E-state index is 0.0365. The van der Waals surface area contributed by atoms with E-state index in [0.717, 1.165) is 18.4 Å². The van der Waals surface area contributed by atoms with Gasteiger partial charge in [-0.05, 0) is 36.2 Å². The SMILES string of the molecule is CCCCNC(=O)c1ccc(CNC(=O)c2cc3ccccc3oc2=O)cc1. The van der Waals surface area contributed by atoms with Crippen LogP contribution in [0.3, 0.4) is 0 Å². The summed E-state index contributed by atoms with van der Waals surface area (Å²) in [7, 11) is 0. The van der Waals surface area contributed by atoms with E-state index < -0.39 is 11.5 Å².